The van der Waals surface area contributed by atoms with Gasteiger partial charge >= 0.3 is 0 Å². The maximum Gasteiger partial charge on any atom is 0.141 e. The number of ether oxygens (including phenoxy) is 2. The first-order chi connectivity index (χ1) is 32.2. The van der Waals surface area contributed by atoms with Crippen LogP contribution in [0.2, 0.25) is 0 Å². The van der Waals surface area contributed by atoms with Gasteiger partial charge in [0, 0.05) is 39.1 Å². The average molecular weight is 836 g/mol. The van der Waals surface area contributed by atoms with E-state index in [1.165, 1.54) is 33.4 Å². The number of dihydropyridines is 1. The summed E-state index contributed by atoms with van der Waals surface area (Å²) in [4.78, 5) is 0. The number of fused-ring (bicyclic) bond motifs is 4. The van der Waals surface area contributed by atoms with Crippen molar-refractivity contribution in [2.45, 2.75) is 23.8 Å². The van der Waals surface area contributed by atoms with Crippen molar-refractivity contribution < 1.29 is 9.47 Å². The van der Waals surface area contributed by atoms with Crippen LogP contribution in [0.1, 0.15) is 72.8 Å². The molecule has 0 spiro atoms. The van der Waals surface area contributed by atoms with E-state index in [-0.39, 0.29) is 6.04 Å². The summed E-state index contributed by atoms with van der Waals surface area (Å²) in [7, 11) is 0. The zero-order valence-electron chi connectivity index (χ0n) is 36.0. The molecule has 3 aliphatic rings. The van der Waals surface area contributed by atoms with Crippen LogP contribution in [0, 0.1) is 6.92 Å². The van der Waals surface area contributed by atoms with E-state index in [0.29, 0.717) is 0 Å². The van der Waals surface area contributed by atoms with Crippen LogP contribution in [-0.2, 0) is 10.8 Å². The molecule has 0 bridgehead atoms. The van der Waals surface area contributed by atoms with Crippen LogP contribution in [0.3, 0.4) is 0 Å². The van der Waals surface area contributed by atoms with Crippen LogP contribution in [0.15, 0.2) is 243 Å². The lowest BCUT2D eigenvalue weighted by atomic mass is 9.63. The minimum Gasteiger partial charge on any atom is -0.456 e. The molecule has 3 aliphatic heterocycles. The maximum absolute atomic E-state index is 7.21. The van der Waals surface area contributed by atoms with E-state index in [0.717, 1.165) is 67.6 Å². The molecule has 1 atom stereocenters. The van der Waals surface area contributed by atoms with Gasteiger partial charge in [-0.15, -0.1) is 0 Å². The standard InChI is InChI=1S/C62H45NO2/c1-42-22-14-15-31-48(42)43-40-55(49-32-20-36-53-59(49)64-57-38-18-16-34-51(57)61(53,44-23-6-2-7-24-44)45-25-8-3-9-26-45)63-56(41-43)50-33-21-37-54-60(50)65-58-39-19-17-35-52(58)62(54,46-27-10-4-11-28-46)47-29-12-5-13-30-47/h2-41,55,63H,1H3. The summed E-state index contributed by atoms with van der Waals surface area (Å²) in [6.07, 6.45) is 4.66. The van der Waals surface area contributed by atoms with E-state index in [1.807, 2.05) is 0 Å². The Kier molecular flexibility index (Phi) is 9.24. The molecular weight excluding hydrogens is 791 g/mol. The van der Waals surface area contributed by atoms with E-state index >= 15 is 0 Å². The molecule has 0 amide bonds. The topological polar surface area (TPSA) is 30.5 Å². The van der Waals surface area contributed by atoms with Gasteiger partial charge in [0.2, 0.25) is 0 Å². The number of para-hydroxylation sites is 4. The molecule has 3 heteroatoms. The summed E-state index contributed by atoms with van der Waals surface area (Å²) in [5.41, 5.74) is 14.3. The van der Waals surface area contributed by atoms with Gasteiger partial charge in [0.1, 0.15) is 23.0 Å². The number of aryl methyl sites for hydroxylation is 1. The third-order valence-corrected chi connectivity index (χ3v) is 13.7. The summed E-state index contributed by atoms with van der Waals surface area (Å²) in [5, 5.41) is 4.09. The van der Waals surface area contributed by atoms with Gasteiger partial charge in [0.25, 0.3) is 0 Å². The predicted molar refractivity (Wildman–Crippen MR) is 263 cm³/mol. The molecule has 3 heterocycles. The Balaban J connectivity index is 1.09. The smallest absolute Gasteiger partial charge is 0.141 e. The molecule has 0 fully saturated rings. The van der Waals surface area contributed by atoms with Crippen LogP contribution in [0.5, 0.6) is 23.0 Å². The van der Waals surface area contributed by atoms with Crippen molar-refractivity contribution in [3.63, 3.8) is 0 Å². The van der Waals surface area contributed by atoms with Gasteiger partial charge < -0.3 is 14.8 Å². The van der Waals surface area contributed by atoms with E-state index in [4.69, 9.17) is 9.47 Å². The molecule has 1 unspecified atom stereocenters. The third-order valence-electron chi connectivity index (χ3n) is 13.7. The predicted octanol–water partition coefficient (Wildman–Crippen LogP) is 14.7. The van der Waals surface area contributed by atoms with Crippen molar-refractivity contribution in [3.05, 3.63) is 309 Å². The monoisotopic (exact) mass is 835 g/mol. The fraction of sp³-hybridized carbons (Fsp3) is 0.0645. The zero-order chi connectivity index (χ0) is 43.4. The molecule has 9 aromatic rings. The SMILES string of the molecule is Cc1ccccc1C1=CC(c2cccc3c2Oc2ccccc2C3(c2ccccc2)c2ccccc2)NC(c2cccc3c2Oc2ccccc2C3(c2ccccc2)c2ccccc2)=C1. The van der Waals surface area contributed by atoms with E-state index in [9.17, 15) is 0 Å². The number of hydrogen-bond donors (Lipinski definition) is 1. The minimum absolute atomic E-state index is 0.284. The normalized spacial score (nSPS) is 16.1. The number of hydrogen-bond acceptors (Lipinski definition) is 3. The Morgan fingerprint density at radius 1 is 0.385 bits per heavy atom. The highest BCUT2D eigenvalue weighted by molar-refractivity contribution is 5.90. The Bertz CT molecular complexity index is 3220. The van der Waals surface area contributed by atoms with Crippen molar-refractivity contribution in [2.24, 2.45) is 0 Å². The van der Waals surface area contributed by atoms with E-state index in [2.05, 4.69) is 255 Å². The van der Waals surface area contributed by atoms with Crippen molar-refractivity contribution >= 4 is 11.3 Å². The highest BCUT2D eigenvalue weighted by atomic mass is 16.5. The first-order valence-corrected chi connectivity index (χ1v) is 22.5. The summed E-state index contributed by atoms with van der Waals surface area (Å²) in [6.45, 7) is 2.19. The molecule has 0 aliphatic carbocycles. The molecule has 0 saturated carbocycles. The van der Waals surface area contributed by atoms with Crippen molar-refractivity contribution in [1.82, 2.24) is 5.32 Å². The Morgan fingerprint density at radius 2 is 0.800 bits per heavy atom. The van der Waals surface area contributed by atoms with Crippen LogP contribution in [0.4, 0.5) is 0 Å². The van der Waals surface area contributed by atoms with Crippen molar-refractivity contribution in [1.29, 1.82) is 0 Å². The van der Waals surface area contributed by atoms with Gasteiger partial charge in [0.05, 0.1) is 16.9 Å². The third kappa shape index (κ3) is 5.96. The van der Waals surface area contributed by atoms with Crippen molar-refractivity contribution in [3.8, 4) is 23.0 Å². The molecule has 0 aromatic heterocycles. The molecule has 0 radical (unpaired) electrons. The number of allylic oxidation sites excluding steroid dienone is 2. The lowest BCUT2D eigenvalue weighted by Gasteiger charge is -2.43. The largest absolute Gasteiger partial charge is 0.456 e. The quantitative estimate of drug-likeness (QED) is 0.173. The lowest BCUT2D eigenvalue weighted by molar-refractivity contribution is 0.425. The highest BCUT2D eigenvalue weighted by Crippen LogP contribution is 2.59. The van der Waals surface area contributed by atoms with Gasteiger partial charge in [-0.3, -0.25) is 0 Å². The molecule has 9 aromatic carbocycles. The second kappa shape index (κ2) is 15.6. The average Bonchev–Trinajstić information content (AvgIpc) is 3.38. The van der Waals surface area contributed by atoms with Gasteiger partial charge in [0.15, 0.2) is 0 Å². The number of nitrogens with one attached hydrogen (secondary N) is 1. The molecule has 310 valence electrons. The summed E-state index contributed by atoms with van der Waals surface area (Å²) in [5.74, 6) is 3.36. The fourth-order valence-corrected chi connectivity index (χ4v) is 11.0. The Labute approximate surface area is 380 Å². The Morgan fingerprint density at radius 3 is 1.34 bits per heavy atom. The minimum atomic E-state index is -0.649. The van der Waals surface area contributed by atoms with Crippen LogP contribution in [-0.4, -0.2) is 0 Å². The highest BCUT2D eigenvalue weighted by Gasteiger charge is 2.48. The second-order valence-corrected chi connectivity index (χ2v) is 17.2. The molecule has 1 N–H and O–H groups in total. The van der Waals surface area contributed by atoms with Crippen LogP contribution in [0.25, 0.3) is 11.3 Å². The Hall–Kier alpha value is -8.14. The summed E-state index contributed by atoms with van der Waals surface area (Å²) >= 11 is 0. The van der Waals surface area contributed by atoms with Gasteiger partial charge in [-0.05, 0) is 76.2 Å². The number of benzene rings is 9. The second-order valence-electron chi connectivity index (χ2n) is 17.2. The first-order valence-electron chi connectivity index (χ1n) is 22.5. The fourth-order valence-electron chi connectivity index (χ4n) is 11.0. The maximum atomic E-state index is 7.21. The van der Waals surface area contributed by atoms with E-state index < -0.39 is 10.8 Å². The van der Waals surface area contributed by atoms with Crippen LogP contribution < -0.4 is 14.8 Å². The lowest BCUT2D eigenvalue weighted by Crippen LogP contribution is -2.35. The van der Waals surface area contributed by atoms with Gasteiger partial charge in [-0.1, -0.05) is 212 Å². The van der Waals surface area contributed by atoms with Gasteiger partial charge in [-0.2, -0.15) is 0 Å². The van der Waals surface area contributed by atoms with Gasteiger partial charge in [-0.25, -0.2) is 0 Å². The zero-order valence-corrected chi connectivity index (χ0v) is 36.0. The first kappa shape index (κ1) is 38.5. The molecular formula is C62H45NO2. The van der Waals surface area contributed by atoms with Crippen molar-refractivity contribution in [2.75, 3.05) is 0 Å². The van der Waals surface area contributed by atoms with E-state index in [1.54, 1.807) is 0 Å². The molecule has 3 nitrogen and oxygen atoms in total. The molecule has 12 rings (SSSR count). The summed E-state index contributed by atoms with van der Waals surface area (Å²) in [6, 6.07) is 82.3. The number of rotatable bonds is 7. The molecule has 0 saturated heterocycles. The molecule has 65 heavy (non-hydrogen) atoms. The summed E-state index contributed by atoms with van der Waals surface area (Å²) < 4.78 is 14.4. The van der Waals surface area contributed by atoms with Crippen LogP contribution >= 0.6 is 0 Å².